The van der Waals surface area contributed by atoms with Gasteiger partial charge in [-0.15, -0.1) is 0 Å². The third kappa shape index (κ3) is 2.85. The molecule has 2 aromatic rings. The van der Waals surface area contributed by atoms with E-state index >= 15 is 0 Å². The lowest BCUT2D eigenvalue weighted by Crippen LogP contribution is -2.12. The van der Waals surface area contributed by atoms with Crippen LogP contribution in [0, 0.1) is 12.7 Å². The third-order valence-corrected chi connectivity index (χ3v) is 4.45. The first kappa shape index (κ1) is 16.4. The van der Waals surface area contributed by atoms with Crippen LogP contribution in [0.5, 0.6) is 0 Å². The van der Waals surface area contributed by atoms with Crippen molar-refractivity contribution in [1.82, 2.24) is 4.98 Å². The van der Waals surface area contributed by atoms with Gasteiger partial charge in [-0.3, -0.25) is 4.98 Å². The number of ether oxygens (including phenoxy) is 1. The summed E-state index contributed by atoms with van der Waals surface area (Å²) in [6.45, 7) is 10.1. The maximum atomic E-state index is 14.2. The van der Waals surface area contributed by atoms with Gasteiger partial charge in [-0.1, -0.05) is 25.3 Å². The first-order valence-electron chi connectivity index (χ1n) is 7.88. The van der Waals surface area contributed by atoms with Gasteiger partial charge in [0, 0.05) is 23.7 Å². The molecule has 2 heterocycles. The lowest BCUT2D eigenvalue weighted by Gasteiger charge is -2.22. The Morgan fingerprint density at radius 3 is 2.83 bits per heavy atom. The minimum atomic E-state index is -0.362. The zero-order valence-corrected chi connectivity index (χ0v) is 13.7. The van der Waals surface area contributed by atoms with Gasteiger partial charge in [-0.25, -0.2) is 4.39 Å². The zero-order chi connectivity index (χ0) is 17.3. The summed E-state index contributed by atoms with van der Waals surface area (Å²) < 4.78 is 19.8. The van der Waals surface area contributed by atoms with Crippen LogP contribution in [0.25, 0.3) is 11.3 Å². The maximum Gasteiger partial charge on any atom is 0.131 e. The Balaban J connectivity index is 1.95. The summed E-state index contributed by atoms with van der Waals surface area (Å²) in [7, 11) is 0. The van der Waals surface area contributed by atoms with Crippen LogP contribution in [-0.4, -0.2) is 16.7 Å². The molecule has 1 aliphatic heterocycles. The van der Waals surface area contributed by atoms with E-state index in [9.17, 15) is 4.39 Å². The van der Waals surface area contributed by atoms with Gasteiger partial charge < -0.3 is 9.84 Å². The van der Waals surface area contributed by atoms with Gasteiger partial charge in [-0.05, 0) is 41.7 Å². The summed E-state index contributed by atoms with van der Waals surface area (Å²) in [6, 6.07) is 5.41. The second kappa shape index (κ2) is 6.57. The molecule has 1 aromatic heterocycles. The van der Waals surface area contributed by atoms with E-state index in [1.807, 2.05) is 12.1 Å². The average molecular weight is 325 g/mol. The zero-order valence-electron chi connectivity index (χ0n) is 13.7. The number of aliphatic hydroxyl groups is 1. The number of halogens is 1. The highest BCUT2D eigenvalue weighted by Crippen LogP contribution is 2.32. The van der Waals surface area contributed by atoms with Crippen LogP contribution in [-0.2, 0) is 24.2 Å². The number of hydrogen-bond acceptors (Lipinski definition) is 3. The minimum Gasteiger partial charge on any atom is -0.493 e. The smallest absolute Gasteiger partial charge is 0.131 e. The topological polar surface area (TPSA) is 42.4 Å². The Bertz CT molecular complexity index is 827. The van der Waals surface area contributed by atoms with Gasteiger partial charge in [0.25, 0.3) is 0 Å². The molecule has 1 aliphatic rings. The van der Waals surface area contributed by atoms with Gasteiger partial charge in [0.1, 0.15) is 11.6 Å². The van der Waals surface area contributed by atoms with Crippen molar-refractivity contribution in [3.05, 3.63) is 76.9 Å². The van der Waals surface area contributed by atoms with Crippen LogP contribution in [0.1, 0.15) is 33.5 Å². The summed E-state index contributed by atoms with van der Waals surface area (Å²) in [4.78, 5) is 4.45. The number of aromatic nitrogens is 1. The molecule has 3 rings (SSSR count). The second-order valence-corrected chi connectivity index (χ2v) is 5.98. The fraction of sp³-hybridized carbons (Fsp3) is 0.250. The minimum absolute atomic E-state index is 0.304. The number of nitrogens with zero attached hydrogens (tertiary/aromatic N) is 1. The van der Waals surface area contributed by atoms with Gasteiger partial charge in [0.15, 0.2) is 0 Å². The van der Waals surface area contributed by atoms with E-state index in [4.69, 9.17) is 9.84 Å². The Labute approximate surface area is 141 Å². The molecule has 1 aromatic carbocycles. The molecule has 0 saturated carbocycles. The number of allylic oxidation sites excluding steroid dienone is 1. The van der Waals surface area contributed by atoms with E-state index < -0.39 is 0 Å². The molecule has 1 N–H and O–H groups in total. The van der Waals surface area contributed by atoms with Crippen molar-refractivity contribution >= 4 is 11.3 Å². The largest absolute Gasteiger partial charge is 0.493 e. The number of pyridine rings is 1. The van der Waals surface area contributed by atoms with Gasteiger partial charge in [0.2, 0.25) is 0 Å². The van der Waals surface area contributed by atoms with Crippen molar-refractivity contribution in [2.24, 2.45) is 0 Å². The summed E-state index contributed by atoms with van der Waals surface area (Å²) in [5.41, 5.74) is 5.26. The molecule has 0 radical (unpaired) electrons. The highest BCUT2D eigenvalue weighted by molar-refractivity contribution is 5.77. The Morgan fingerprint density at radius 1 is 1.33 bits per heavy atom. The van der Waals surface area contributed by atoms with Gasteiger partial charge in [0.05, 0.1) is 18.9 Å². The Kier molecular flexibility index (Phi) is 4.49. The van der Waals surface area contributed by atoms with Crippen molar-refractivity contribution in [3.63, 3.8) is 0 Å². The van der Waals surface area contributed by atoms with Crippen LogP contribution in [0.4, 0.5) is 4.39 Å². The number of rotatable bonds is 4. The standard InChI is InChI=1S/C20H20FNO2/c1-12(10-16-4-5-17(11-23)19(21)13(16)2)20-18-14(3)24-9-7-15(18)6-8-22-20/h4-6,8,23H,1,3,7,9-11H2,2H3. The van der Waals surface area contributed by atoms with Gasteiger partial charge in [-0.2, -0.15) is 0 Å². The monoisotopic (exact) mass is 325 g/mol. The van der Waals surface area contributed by atoms with E-state index in [1.54, 1.807) is 19.2 Å². The molecular weight excluding hydrogens is 305 g/mol. The van der Waals surface area contributed by atoms with Crippen LogP contribution in [0.2, 0.25) is 0 Å². The van der Waals surface area contributed by atoms with Crippen LogP contribution in [0.15, 0.2) is 37.6 Å². The van der Waals surface area contributed by atoms with E-state index in [2.05, 4.69) is 18.1 Å². The SMILES string of the molecule is C=C(Cc1ccc(CO)c(F)c1C)c1nccc2c1C(=C)OCC2. The number of aliphatic hydroxyl groups excluding tert-OH is 1. The van der Waals surface area contributed by atoms with Crippen molar-refractivity contribution in [2.75, 3.05) is 6.61 Å². The normalized spacial score (nSPS) is 13.4. The summed E-state index contributed by atoms with van der Waals surface area (Å²) in [6.07, 6.45) is 3.06. The third-order valence-electron chi connectivity index (χ3n) is 4.45. The highest BCUT2D eigenvalue weighted by Gasteiger charge is 2.20. The molecule has 124 valence electrons. The van der Waals surface area contributed by atoms with E-state index in [0.717, 1.165) is 34.4 Å². The molecule has 0 atom stereocenters. The predicted molar refractivity (Wildman–Crippen MR) is 92.7 cm³/mol. The van der Waals surface area contributed by atoms with Crippen molar-refractivity contribution in [2.45, 2.75) is 26.4 Å². The van der Waals surface area contributed by atoms with E-state index in [0.29, 0.717) is 29.9 Å². The molecule has 0 saturated heterocycles. The molecule has 0 bridgehead atoms. The molecule has 0 unspecified atom stereocenters. The molecule has 3 nitrogen and oxygen atoms in total. The van der Waals surface area contributed by atoms with E-state index in [-0.39, 0.29) is 12.4 Å². The van der Waals surface area contributed by atoms with Crippen molar-refractivity contribution < 1.29 is 14.2 Å². The molecule has 0 spiro atoms. The Morgan fingerprint density at radius 2 is 2.08 bits per heavy atom. The molecule has 0 aliphatic carbocycles. The summed E-state index contributed by atoms with van der Waals surface area (Å²) >= 11 is 0. The molecule has 24 heavy (non-hydrogen) atoms. The lowest BCUT2D eigenvalue weighted by molar-refractivity contribution is 0.271. The second-order valence-electron chi connectivity index (χ2n) is 5.98. The molecule has 0 fully saturated rings. The Hall–Kier alpha value is -2.46. The average Bonchev–Trinajstić information content (AvgIpc) is 2.59. The first-order chi connectivity index (χ1) is 11.5. The number of benzene rings is 1. The fourth-order valence-electron chi connectivity index (χ4n) is 3.05. The highest BCUT2D eigenvalue weighted by atomic mass is 19.1. The predicted octanol–water partition coefficient (Wildman–Crippen LogP) is 3.82. The van der Waals surface area contributed by atoms with E-state index in [1.165, 1.54) is 0 Å². The molecule has 0 amide bonds. The van der Waals surface area contributed by atoms with Gasteiger partial charge >= 0.3 is 0 Å². The van der Waals surface area contributed by atoms with Crippen molar-refractivity contribution in [1.29, 1.82) is 0 Å². The summed E-state index contributed by atoms with van der Waals surface area (Å²) in [5.74, 6) is 0.248. The van der Waals surface area contributed by atoms with Crippen molar-refractivity contribution in [3.8, 4) is 0 Å². The maximum absolute atomic E-state index is 14.2. The van der Waals surface area contributed by atoms with Crippen LogP contribution < -0.4 is 0 Å². The number of fused-ring (bicyclic) bond motifs is 1. The first-order valence-corrected chi connectivity index (χ1v) is 7.88. The number of hydrogen-bond donors (Lipinski definition) is 1. The molecular formula is C20H20FNO2. The molecule has 4 heteroatoms. The summed E-state index contributed by atoms with van der Waals surface area (Å²) in [5, 5.41) is 9.16. The fourth-order valence-corrected chi connectivity index (χ4v) is 3.05. The van der Waals surface area contributed by atoms with Crippen LogP contribution >= 0.6 is 0 Å². The quantitative estimate of drug-likeness (QED) is 0.929. The lowest BCUT2D eigenvalue weighted by atomic mass is 9.92. The van der Waals surface area contributed by atoms with Crippen LogP contribution in [0.3, 0.4) is 0 Å².